The number of nitrogens with one attached hydrogen (secondary N) is 3. The first-order valence-electron chi connectivity index (χ1n) is 10.7. The van der Waals surface area contributed by atoms with Gasteiger partial charge in [0.1, 0.15) is 0 Å². The first-order chi connectivity index (χ1) is 15.9. The molecule has 0 saturated carbocycles. The number of hydrogen-bond acceptors (Lipinski definition) is 9. The Labute approximate surface area is 189 Å². The Morgan fingerprint density at radius 1 is 0.909 bits per heavy atom. The highest BCUT2D eigenvalue weighted by atomic mass is 19.1. The standard InChI is InChI=1S/C22H25F2N7O2/c1-2-31-9-3-4-15(31)12-25-20-28-21(26-13-5-7-18(32)16(23)10-13)30-22(29-20)27-14-6-8-19(33)17(24)11-14/h5-8,10-11,15,32-33H,2-4,9,12H2,1H3,(H3,25,26,27,28,29,30). The van der Waals surface area contributed by atoms with E-state index in [-0.39, 0.29) is 17.8 Å². The molecule has 1 aliphatic heterocycles. The van der Waals surface area contributed by atoms with Gasteiger partial charge in [-0.3, -0.25) is 4.90 Å². The van der Waals surface area contributed by atoms with E-state index in [1.54, 1.807) is 0 Å². The van der Waals surface area contributed by atoms with Gasteiger partial charge in [0.25, 0.3) is 0 Å². The molecule has 2 heterocycles. The number of nitrogens with zero attached hydrogens (tertiary/aromatic N) is 4. The van der Waals surface area contributed by atoms with E-state index in [0.29, 0.717) is 24.0 Å². The maximum absolute atomic E-state index is 13.7. The average molecular weight is 457 g/mol. The van der Waals surface area contributed by atoms with Crippen molar-refractivity contribution in [3.63, 3.8) is 0 Å². The molecule has 5 N–H and O–H groups in total. The van der Waals surface area contributed by atoms with E-state index < -0.39 is 23.1 Å². The molecule has 1 aliphatic rings. The molecule has 0 amide bonds. The quantitative estimate of drug-likeness (QED) is 0.321. The Balaban J connectivity index is 1.58. The molecule has 9 nitrogen and oxygen atoms in total. The fourth-order valence-electron chi connectivity index (χ4n) is 3.75. The van der Waals surface area contributed by atoms with Crippen molar-refractivity contribution in [2.75, 3.05) is 35.6 Å². The maximum atomic E-state index is 13.7. The molecule has 33 heavy (non-hydrogen) atoms. The van der Waals surface area contributed by atoms with Crippen LogP contribution in [-0.4, -0.2) is 55.7 Å². The minimum absolute atomic E-state index is 0.123. The molecule has 174 valence electrons. The van der Waals surface area contributed by atoms with Crippen LogP contribution < -0.4 is 16.0 Å². The van der Waals surface area contributed by atoms with Gasteiger partial charge >= 0.3 is 0 Å². The average Bonchev–Trinajstić information content (AvgIpc) is 3.25. The number of anilines is 5. The molecule has 11 heteroatoms. The Hall–Kier alpha value is -3.73. The lowest BCUT2D eigenvalue weighted by Gasteiger charge is -2.23. The van der Waals surface area contributed by atoms with Gasteiger partial charge in [-0.05, 0) is 50.2 Å². The summed E-state index contributed by atoms with van der Waals surface area (Å²) in [4.78, 5) is 15.4. The molecular formula is C22H25F2N7O2. The SMILES string of the molecule is CCN1CCCC1CNc1nc(Nc2ccc(O)c(F)c2)nc(Nc2ccc(O)c(F)c2)n1. The number of halogens is 2. The summed E-state index contributed by atoms with van der Waals surface area (Å²) in [5.41, 5.74) is 0.661. The number of phenolic OH excluding ortho intramolecular Hbond substituents is 2. The summed E-state index contributed by atoms with van der Waals surface area (Å²) in [6, 6.07) is 7.99. The van der Waals surface area contributed by atoms with Gasteiger partial charge in [0.2, 0.25) is 17.8 Å². The fraction of sp³-hybridized carbons (Fsp3) is 0.318. The summed E-state index contributed by atoms with van der Waals surface area (Å²) in [6.07, 6.45) is 2.21. The molecule has 1 atom stereocenters. The van der Waals surface area contributed by atoms with Gasteiger partial charge in [0, 0.05) is 36.1 Å². The lowest BCUT2D eigenvalue weighted by atomic mass is 10.2. The molecule has 4 rings (SSSR count). The summed E-state index contributed by atoms with van der Waals surface area (Å²) in [7, 11) is 0. The Morgan fingerprint density at radius 3 is 1.97 bits per heavy atom. The van der Waals surface area contributed by atoms with Crippen LogP contribution in [0.3, 0.4) is 0 Å². The Morgan fingerprint density at radius 2 is 1.45 bits per heavy atom. The van der Waals surface area contributed by atoms with Crippen molar-refractivity contribution in [3.05, 3.63) is 48.0 Å². The monoisotopic (exact) mass is 457 g/mol. The van der Waals surface area contributed by atoms with Gasteiger partial charge in [0.15, 0.2) is 23.1 Å². The number of aromatic nitrogens is 3. The Kier molecular flexibility index (Phi) is 6.68. The first-order valence-corrected chi connectivity index (χ1v) is 10.7. The molecule has 2 aromatic carbocycles. The minimum Gasteiger partial charge on any atom is -0.505 e. The van der Waals surface area contributed by atoms with Gasteiger partial charge in [-0.2, -0.15) is 15.0 Å². The minimum atomic E-state index is -0.786. The number of hydrogen-bond donors (Lipinski definition) is 5. The van der Waals surface area contributed by atoms with E-state index in [0.717, 1.165) is 38.1 Å². The van der Waals surface area contributed by atoms with Crippen molar-refractivity contribution in [2.45, 2.75) is 25.8 Å². The predicted octanol–water partition coefficient (Wildman–Crippen LogP) is 3.94. The van der Waals surface area contributed by atoms with Gasteiger partial charge in [-0.25, -0.2) is 8.78 Å². The van der Waals surface area contributed by atoms with Gasteiger partial charge in [0.05, 0.1) is 0 Å². The normalized spacial score (nSPS) is 16.0. The number of likely N-dealkylation sites (N-methyl/N-ethyl adjacent to an activating group) is 1. The van der Waals surface area contributed by atoms with Crippen LogP contribution in [0.1, 0.15) is 19.8 Å². The molecule has 1 fully saturated rings. The van der Waals surface area contributed by atoms with Crippen LogP contribution in [0.15, 0.2) is 36.4 Å². The van der Waals surface area contributed by atoms with Crippen LogP contribution >= 0.6 is 0 Å². The number of aromatic hydroxyl groups is 2. The Bertz CT molecular complexity index is 1060. The van der Waals surface area contributed by atoms with E-state index >= 15 is 0 Å². The molecule has 3 aromatic rings. The topological polar surface area (TPSA) is 118 Å². The third kappa shape index (κ3) is 5.55. The number of benzene rings is 2. The lowest BCUT2D eigenvalue weighted by Crippen LogP contribution is -2.35. The smallest absolute Gasteiger partial charge is 0.233 e. The summed E-state index contributed by atoms with van der Waals surface area (Å²) >= 11 is 0. The highest BCUT2D eigenvalue weighted by Crippen LogP contribution is 2.25. The molecule has 0 radical (unpaired) electrons. The van der Waals surface area contributed by atoms with Crippen LogP contribution in [0.4, 0.5) is 38.0 Å². The highest BCUT2D eigenvalue weighted by Gasteiger charge is 2.23. The van der Waals surface area contributed by atoms with E-state index in [4.69, 9.17) is 0 Å². The van der Waals surface area contributed by atoms with Crippen molar-refractivity contribution >= 4 is 29.2 Å². The molecule has 0 bridgehead atoms. The van der Waals surface area contributed by atoms with Crippen LogP contribution in [0.25, 0.3) is 0 Å². The van der Waals surface area contributed by atoms with Crippen molar-refractivity contribution in [1.29, 1.82) is 0 Å². The second kappa shape index (κ2) is 9.82. The van der Waals surface area contributed by atoms with E-state index in [2.05, 4.69) is 42.7 Å². The summed E-state index contributed by atoms with van der Waals surface area (Å²) in [5.74, 6) is -1.97. The second-order valence-electron chi connectivity index (χ2n) is 7.69. The second-order valence-corrected chi connectivity index (χ2v) is 7.69. The van der Waals surface area contributed by atoms with Gasteiger partial charge < -0.3 is 26.2 Å². The molecule has 1 aromatic heterocycles. The first kappa shape index (κ1) is 22.5. The van der Waals surface area contributed by atoms with Gasteiger partial charge in [-0.15, -0.1) is 0 Å². The molecular weight excluding hydrogens is 432 g/mol. The van der Waals surface area contributed by atoms with Crippen molar-refractivity contribution in [3.8, 4) is 11.5 Å². The van der Waals surface area contributed by atoms with Crippen LogP contribution in [-0.2, 0) is 0 Å². The molecule has 1 saturated heterocycles. The fourth-order valence-corrected chi connectivity index (χ4v) is 3.75. The summed E-state index contributed by atoms with van der Waals surface area (Å²) < 4.78 is 27.5. The molecule has 1 unspecified atom stereocenters. The van der Waals surface area contributed by atoms with Crippen LogP contribution in [0, 0.1) is 11.6 Å². The number of likely N-dealkylation sites (tertiary alicyclic amines) is 1. The van der Waals surface area contributed by atoms with E-state index in [9.17, 15) is 19.0 Å². The predicted molar refractivity (Wildman–Crippen MR) is 121 cm³/mol. The third-order valence-corrected chi connectivity index (χ3v) is 5.44. The zero-order valence-electron chi connectivity index (χ0n) is 18.0. The maximum Gasteiger partial charge on any atom is 0.233 e. The molecule has 0 spiro atoms. The van der Waals surface area contributed by atoms with Crippen LogP contribution in [0.5, 0.6) is 11.5 Å². The zero-order valence-corrected chi connectivity index (χ0v) is 18.0. The summed E-state index contributed by atoms with van der Waals surface area (Å²) in [5, 5.41) is 27.8. The zero-order chi connectivity index (χ0) is 23.4. The molecule has 0 aliphatic carbocycles. The number of rotatable bonds is 8. The van der Waals surface area contributed by atoms with Crippen molar-refractivity contribution < 1.29 is 19.0 Å². The highest BCUT2D eigenvalue weighted by molar-refractivity contribution is 5.60. The van der Waals surface area contributed by atoms with Crippen LogP contribution in [0.2, 0.25) is 0 Å². The third-order valence-electron chi connectivity index (χ3n) is 5.44. The summed E-state index contributed by atoms with van der Waals surface area (Å²) in [6.45, 7) is 4.78. The van der Waals surface area contributed by atoms with Crippen molar-refractivity contribution in [1.82, 2.24) is 19.9 Å². The van der Waals surface area contributed by atoms with Gasteiger partial charge in [-0.1, -0.05) is 6.92 Å². The number of phenols is 2. The van der Waals surface area contributed by atoms with Crippen molar-refractivity contribution in [2.24, 2.45) is 0 Å². The largest absolute Gasteiger partial charge is 0.505 e. The van der Waals surface area contributed by atoms with E-state index in [1.165, 1.54) is 24.3 Å². The lowest BCUT2D eigenvalue weighted by molar-refractivity contribution is 0.277. The van der Waals surface area contributed by atoms with E-state index in [1.807, 2.05) is 0 Å².